The monoisotopic (exact) mass is 209 g/mol. The lowest BCUT2D eigenvalue weighted by molar-refractivity contribution is -0.0244. The fourth-order valence-corrected chi connectivity index (χ4v) is 1.92. The number of hydrogen-bond acceptors (Lipinski definition) is 3. The predicted molar refractivity (Wildman–Crippen MR) is 58.1 cm³/mol. The molecule has 1 N–H and O–H groups in total. The molecule has 84 valence electrons. The van der Waals surface area contributed by atoms with Crippen LogP contribution in [0.25, 0.3) is 0 Å². The highest BCUT2D eigenvalue weighted by Crippen LogP contribution is 2.19. The standard InChI is InChI=1S/C11H19N3O/c1-2-14-9-10(7-12-14)8-13-15-11-5-3-4-6-11/h7,9,11,13H,2-6,8H2,1H3. The molecule has 0 saturated heterocycles. The van der Waals surface area contributed by atoms with Gasteiger partial charge in [0.25, 0.3) is 0 Å². The molecule has 4 nitrogen and oxygen atoms in total. The molecule has 0 aromatic carbocycles. The second-order valence-corrected chi connectivity index (χ2v) is 4.05. The van der Waals surface area contributed by atoms with Gasteiger partial charge in [0, 0.05) is 24.8 Å². The molecule has 15 heavy (non-hydrogen) atoms. The number of hydroxylamine groups is 1. The smallest absolute Gasteiger partial charge is 0.0790 e. The van der Waals surface area contributed by atoms with Crippen molar-refractivity contribution in [1.82, 2.24) is 15.3 Å². The fourth-order valence-electron chi connectivity index (χ4n) is 1.92. The van der Waals surface area contributed by atoms with Gasteiger partial charge in [-0.2, -0.15) is 10.6 Å². The zero-order chi connectivity index (χ0) is 10.5. The largest absolute Gasteiger partial charge is 0.298 e. The van der Waals surface area contributed by atoms with Crippen LogP contribution in [0.1, 0.15) is 38.2 Å². The second-order valence-electron chi connectivity index (χ2n) is 4.05. The van der Waals surface area contributed by atoms with Crippen LogP contribution in [0.4, 0.5) is 0 Å². The molecule has 0 bridgehead atoms. The lowest BCUT2D eigenvalue weighted by Crippen LogP contribution is -2.21. The molecule has 0 radical (unpaired) electrons. The number of nitrogens with zero attached hydrogens (tertiary/aromatic N) is 2. The molecular weight excluding hydrogens is 190 g/mol. The van der Waals surface area contributed by atoms with Crippen LogP contribution in [0, 0.1) is 0 Å². The summed E-state index contributed by atoms with van der Waals surface area (Å²) in [6, 6.07) is 0. The maximum absolute atomic E-state index is 5.56. The molecular formula is C11H19N3O. The SMILES string of the molecule is CCn1cc(CNOC2CCCC2)cn1. The summed E-state index contributed by atoms with van der Waals surface area (Å²) in [4.78, 5) is 5.56. The third kappa shape index (κ3) is 3.04. The Morgan fingerprint density at radius 3 is 3.00 bits per heavy atom. The molecule has 1 aromatic heterocycles. The first-order valence-electron chi connectivity index (χ1n) is 5.78. The van der Waals surface area contributed by atoms with Crippen LogP contribution in [-0.2, 0) is 17.9 Å². The number of rotatable bonds is 5. The van der Waals surface area contributed by atoms with Gasteiger partial charge in [-0.3, -0.25) is 9.52 Å². The normalized spacial score (nSPS) is 17.4. The van der Waals surface area contributed by atoms with Crippen LogP contribution in [0.5, 0.6) is 0 Å². The predicted octanol–water partition coefficient (Wildman–Crippen LogP) is 1.87. The Balaban J connectivity index is 1.68. The zero-order valence-corrected chi connectivity index (χ0v) is 9.28. The highest BCUT2D eigenvalue weighted by Gasteiger charge is 2.15. The average Bonchev–Trinajstić information content (AvgIpc) is 2.88. The molecule has 2 rings (SSSR count). The minimum absolute atomic E-state index is 0.422. The lowest BCUT2D eigenvalue weighted by atomic mass is 10.3. The van der Waals surface area contributed by atoms with Crippen LogP contribution in [0.2, 0.25) is 0 Å². The first kappa shape index (κ1) is 10.6. The molecule has 1 heterocycles. The molecule has 1 aromatic rings. The van der Waals surface area contributed by atoms with E-state index in [2.05, 4.69) is 17.5 Å². The van der Waals surface area contributed by atoms with Gasteiger partial charge < -0.3 is 0 Å². The van der Waals surface area contributed by atoms with Crippen molar-refractivity contribution >= 4 is 0 Å². The van der Waals surface area contributed by atoms with E-state index in [4.69, 9.17) is 4.84 Å². The Morgan fingerprint density at radius 2 is 2.33 bits per heavy atom. The molecule has 1 aliphatic carbocycles. The summed E-state index contributed by atoms with van der Waals surface area (Å²) in [6.45, 7) is 3.75. The molecule has 1 fully saturated rings. The van der Waals surface area contributed by atoms with E-state index < -0.39 is 0 Å². The second kappa shape index (κ2) is 5.28. The Bertz CT molecular complexity index is 292. The molecule has 4 heteroatoms. The molecule has 0 aliphatic heterocycles. The quantitative estimate of drug-likeness (QED) is 0.752. The van der Waals surface area contributed by atoms with E-state index in [9.17, 15) is 0 Å². The minimum atomic E-state index is 0.422. The van der Waals surface area contributed by atoms with Crippen LogP contribution in [0.3, 0.4) is 0 Å². The first-order chi connectivity index (χ1) is 7.38. The van der Waals surface area contributed by atoms with Gasteiger partial charge in [-0.05, 0) is 19.8 Å². The van der Waals surface area contributed by atoms with Gasteiger partial charge in [-0.1, -0.05) is 12.8 Å². The van der Waals surface area contributed by atoms with Crippen molar-refractivity contribution in [2.75, 3.05) is 0 Å². The minimum Gasteiger partial charge on any atom is -0.298 e. The molecule has 0 unspecified atom stereocenters. The Hall–Kier alpha value is -0.870. The maximum atomic E-state index is 5.56. The van der Waals surface area contributed by atoms with E-state index >= 15 is 0 Å². The van der Waals surface area contributed by atoms with Crippen molar-refractivity contribution in [3.05, 3.63) is 18.0 Å². The van der Waals surface area contributed by atoms with Crippen LogP contribution >= 0.6 is 0 Å². The number of aromatic nitrogens is 2. The molecule has 1 aliphatic rings. The average molecular weight is 209 g/mol. The highest BCUT2D eigenvalue weighted by molar-refractivity contribution is 5.02. The topological polar surface area (TPSA) is 39.1 Å². The van der Waals surface area contributed by atoms with E-state index in [1.807, 2.05) is 17.1 Å². The molecule has 1 saturated carbocycles. The third-order valence-electron chi connectivity index (χ3n) is 2.84. The van der Waals surface area contributed by atoms with Gasteiger partial charge in [0.05, 0.1) is 12.3 Å². The lowest BCUT2D eigenvalue weighted by Gasteiger charge is -2.10. The van der Waals surface area contributed by atoms with Crippen molar-refractivity contribution in [2.45, 2.75) is 51.8 Å². The third-order valence-corrected chi connectivity index (χ3v) is 2.84. The van der Waals surface area contributed by atoms with Crippen molar-refractivity contribution in [3.8, 4) is 0 Å². The summed E-state index contributed by atoms with van der Waals surface area (Å²) in [7, 11) is 0. The van der Waals surface area contributed by atoms with Gasteiger partial charge in [-0.25, -0.2) is 0 Å². The molecule has 0 atom stereocenters. The van der Waals surface area contributed by atoms with Gasteiger partial charge in [0.15, 0.2) is 0 Å². The van der Waals surface area contributed by atoms with E-state index in [-0.39, 0.29) is 0 Å². The highest BCUT2D eigenvalue weighted by atomic mass is 16.7. The summed E-state index contributed by atoms with van der Waals surface area (Å²) < 4.78 is 1.92. The van der Waals surface area contributed by atoms with Crippen LogP contribution in [0.15, 0.2) is 12.4 Å². The van der Waals surface area contributed by atoms with Gasteiger partial charge in [-0.15, -0.1) is 0 Å². The van der Waals surface area contributed by atoms with Gasteiger partial charge >= 0.3 is 0 Å². The summed E-state index contributed by atoms with van der Waals surface area (Å²) in [6.07, 6.45) is 9.36. The van der Waals surface area contributed by atoms with E-state index in [1.165, 1.54) is 31.2 Å². The summed E-state index contributed by atoms with van der Waals surface area (Å²) in [5, 5.41) is 4.21. The zero-order valence-electron chi connectivity index (χ0n) is 9.28. The first-order valence-corrected chi connectivity index (χ1v) is 5.78. The Morgan fingerprint density at radius 1 is 1.53 bits per heavy atom. The summed E-state index contributed by atoms with van der Waals surface area (Å²) in [5.74, 6) is 0. The van der Waals surface area contributed by atoms with Crippen molar-refractivity contribution in [3.63, 3.8) is 0 Å². The fraction of sp³-hybridized carbons (Fsp3) is 0.727. The van der Waals surface area contributed by atoms with Crippen LogP contribution in [-0.4, -0.2) is 15.9 Å². The Labute approximate surface area is 90.6 Å². The Kier molecular flexibility index (Phi) is 3.75. The number of hydrogen-bond donors (Lipinski definition) is 1. The summed E-state index contributed by atoms with van der Waals surface area (Å²) in [5.41, 5.74) is 4.20. The van der Waals surface area contributed by atoms with E-state index in [0.29, 0.717) is 6.10 Å². The van der Waals surface area contributed by atoms with E-state index in [1.54, 1.807) is 0 Å². The van der Waals surface area contributed by atoms with Gasteiger partial charge in [0.1, 0.15) is 0 Å². The maximum Gasteiger partial charge on any atom is 0.0790 e. The summed E-state index contributed by atoms with van der Waals surface area (Å²) >= 11 is 0. The van der Waals surface area contributed by atoms with E-state index in [0.717, 1.165) is 13.1 Å². The van der Waals surface area contributed by atoms with Crippen molar-refractivity contribution < 1.29 is 4.84 Å². The molecule has 0 spiro atoms. The number of nitrogens with one attached hydrogen (secondary N) is 1. The van der Waals surface area contributed by atoms with Crippen molar-refractivity contribution in [2.24, 2.45) is 0 Å². The van der Waals surface area contributed by atoms with Crippen LogP contribution < -0.4 is 5.48 Å². The molecule has 0 amide bonds. The van der Waals surface area contributed by atoms with Crippen molar-refractivity contribution in [1.29, 1.82) is 0 Å². The van der Waals surface area contributed by atoms with Gasteiger partial charge in [0.2, 0.25) is 0 Å². The number of aryl methyl sites for hydroxylation is 1.